The summed E-state index contributed by atoms with van der Waals surface area (Å²) in [5, 5.41) is 3.19. The van der Waals surface area contributed by atoms with Crippen molar-refractivity contribution in [1.82, 2.24) is 10.3 Å². The molecular weight excluding hydrogens is 178 g/mol. The van der Waals surface area contributed by atoms with Gasteiger partial charge in [0, 0.05) is 43.4 Å². The fraction of sp³-hybridized carbons (Fsp3) is 0.500. The summed E-state index contributed by atoms with van der Waals surface area (Å²) in [7, 11) is 3.60. The van der Waals surface area contributed by atoms with Crippen LogP contribution in [0.25, 0.3) is 0 Å². The molecule has 1 heterocycles. The van der Waals surface area contributed by atoms with Crippen LogP contribution < -0.4 is 11.1 Å². The molecule has 0 radical (unpaired) electrons. The third kappa shape index (κ3) is 2.68. The maximum Gasteiger partial charge on any atom is 0.0480 e. The number of hydrogen-bond acceptors (Lipinski definition) is 4. The molecule has 4 heteroatoms. The van der Waals surface area contributed by atoms with Crippen LogP contribution in [0.3, 0.4) is 0 Å². The highest BCUT2D eigenvalue weighted by molar-refractivity contribution is 5.46. The Bertz CT molecular complexity index is 278. The molecule has 3 N–H and O–H groups in total. The van der Waals surface area contributed by atoms with E-state index in [1.54, 1.807) is 19.5 Å². The van der Waals surface area contributed by atoms with Crippen LogP contribution in [-0.2, 0) is 4.74 Å². The largest absolute Gasteiger partial charge is 0.398 e. The van der Waals surface area contributed by atoms with Crippen LogP contribution in [0.2, 0.25) is 0 Å². The van der Waals surface area contributed by atoms with E-state index in [9.17, 15) is 0 Å². The molecule has 0 fully saturated rings. The first-order valence-electron chi connectivity index (χ1n) is 4.65. The Labute approximate surface area is 84.5 Å². The number of nitrogens with one attached hydrogen (secondary N) is 1. The molecule has 0 aliphatic heterocycles. The SMILES string of the molecule is CNC(CCOC)c1cnccc1N. The number of pyridine rings is 1. The van der Waals surface area contributed by atoms with E-state index in [2.05, 4.69) is 10.3 Å². The lowest BCUT2D eigenvalue weighted by molar-refractivity contribution is 0.184. The van der Waals surface area contributed by atoms with Crippen molar-refractivity contribution in [2.45, 2.75) is 12.5 Å². The molecule has 0 spiro atoms. The van der Waals surface area contributed by atoms with Gasteiger partial charge in [-0.05, 0) is 19.5 Å². The smallest absolute Gasteiger partial charge is 0.0480 e. The van der Waals surface area contributed by atoms with Gasteiger partial charge in [-0.15, -0.1) is 0 Å². The fourth-order valence-corrected chi connectivity index (χ4v) is 1.40. The predicted molar refractivity (Wildman–Crippen MR) is 56.9 cm³/mol. The summed E-state index contributed by atoms with van der Waals surface area (Å²) >= 11 is 0. The van der Waals surface area contributed by atoms with E-state index in [4.69, 9.17) is 10.5 Å². The van der Waals surface area contributed by atoms with Gasteiger partial charge in [0.25, 0.3) is 0 Å². The lowest BCUT2D eigenvalue weighted by Gasteiger charge is -2.17. The van der Waals surface area contributed by atoms with E-state index >= 15 is 0 Å². The van der Waals surface area contributed by atoms with Gasteiger partial charge in [-0.1, -0.05) is 0 Å². The van der Waals surface area contributed by atoms with E-state index in [0.717, 1.165) is 17.7 Å². The minimum absolute atomic E-state index is 0.212. The summed E-state index contributed by atoms with van der Waals surface area (Å²) in [6.07, 6.45) is 4.39. The number of nitrogen functional groups attached to an aromatic ring is 1. The normalized spacial score (nSPS) is 12.7. The van der Waals surface area contributed by atoms with E-state index < -0.39 is 0 Å². The number of methoxy groups -OCH3 is 1. The second-order valence-electron chi connectivity index (χ2n) is 3.13. The first-order valence-corrected chi connectivity index (χ1v) is 4.65. The molecule has 0 amide bonds. The van der Waals surface area contributed by atoms with Gasteiger partial charge in [-0.2, -0.15) is 0 Å². The number of nitrogens with two attached hydrogens (primary N) is 1. The van der Waals surface area contributed by atoms with Crippen molar-refractivity contribution in [3.05, 3.63) is 24.0 Å². The van der Waals surface area contributed by atoms with Gasteiger partial charge >= 0.3 is 0 Å². The van der Waals surface area contributed by atoms with Crippen LogP contribution in [0.4, 0.5) is 5.69 Å². The van der Waals surface area contributed by atoms with Gasteiger partial charge < -0.3 is 15.8 Å². The molecule has 78 valence electrons. The van der Waals surface area contributed by atoms with Gasteiger partial charge in [0.15, 0.2) is 0 Å². The first kappa shape index (κ1) is 10.9. The number of rotatable bonds is 5. The van der Waals surface area contributed by atoms with Gasteiger partial charge in [0.1, 0.15) is 0 Å². The highest BCUT2D eigenvalue weighted by Gasteiger charge is 2.11. The maximum atomic E-state index is 5.85. The Morgan fingerprint density at radius 2 is 2.43 bits per heavy atom. The number of hydrogen-bond donors (Lipinski definition) is 2. The van der Waals surface area contributed by atoms with Crippen LogP contribution in [0.15, 0.2) is 18.5 Å². The Morgan fingerprint density at radius 1 is 1.64 bits per heavy atom. The summed E-state index contributed by atoms with van der Waals surface area (Å²) in [6, 6.07) is 2.02. The van der Waals surface area contributed by atoms with Crippen molar-refractivity contribution in [1.29, 1.82) is 0 Å². The van der Waals surface area contributed by atoms with E-state index in [1.165, 1.54) is 0 Å². The van der Waals surface area contributed by atoms with E-state index in [1.807, 2.05) is 13.1 Å². The maximum absolute atomic E-state index is 5.85. The average Bonchev–Trinajstić information content (AvgIpc) is 2.21. The summed E-state index contributed by atoms with van der Waals surface area (Å²) in [5.41, 5.74) is 7.66. The minimum Gasteiger partial charge on any atom is -0.398 e. The highest BCUT2D eigenvalue weighted by atomic mass is 16.5. The van der Waals surface area contributed by atoms with Crippen LogP contribution in [0.5, 0.6) is 0 Å². The van der Waals surface area contributed by atoms with Gasteiger partial charge in [-0.25, -0.2) is 0 Å². The third-order valence-electron chi connectivity index (χ3n) is 2.22. The second-order valence-corrected chi connectivity index (χ2v) is 3.13. The van der Waals surface area contributed by atoms with Crippen molar-refractivity contribution in [3.8, 4) is 0 Å². The average molecular weight is 195 g/mol. The van der Waals surface area contributed by atoms with Crippen molar-refractivity contribution in [2.24, 2.45) is 0 Å². The molecule has 1 atom stereocenters. The molecule has 0 aliphatic carbocycles. The van der Waals surface area contributed by atoms with E-state index in [0.29, 0.717) is 6.61 Å². The molecule has 1 unspecified atom stereocenters. The lowest BCUT2D eigenvalue weighted by atomic mass is 10.1. The molecule has 1 aromatic rings. The van der Waals surface area contributed by atoms with Crippen LogP contribution >= 0.6 is 0 Å². The molecule has 1 rings (SSSR count). The van der Waals surface area contributed by atoms with Gasteiger partial charge in [-0.3, -0.25) is 4.98 Å². The number of nitrogens with zero attached hydrogens (tertiary/aromatic N) is 1. The predicted octanol–water partition coefficient (Wildman–Crippen LogP) is 0.961. The lowest BCUT2D eigenvalue weighted by Crippen LogP contribution is -2.19. The molecule has 0 aromatic carbocycles. The molecule has 0 saturated carbocycles. The quantitative estimate of drug-likeness (QED) is 0.734. The first-order chi connectivity index (χ1) is 6.79. The fourth-order valence-electron chi connectivity index (χ4n) is 1.40. The molecule has 0 bridgehead atoms. The van der Waals surface area contributed by atoms with Crippen molar-refractivity contribution in [2.75, 3.05) is 26.5 Å². The number of anilines is 1. The highest BCUT2D eigenvalue weighted by Crippen LogP contribution is 2.21. The third-order valence-corrected chi connectivity index (χ3v) is 2.22. The van der Waals surface area contributed by atoms with E-state index in [-0.39, 0.29) is 6.04 Å². The zero-order chi connectivity index (χ0) is 10.4. The monoisotopic (exact) mass is 195 g/mol. The molecular formula is C10H17N3O. The Kier molecular flexibility index (Phi) is 4.35. The summed E-state index contributed by atoms with van der Waals surface area (Å²) < 4.78 is 5.03. The molecule has 4 nitrogen and oxygen atoms in total. The van der Waals surface area contributed by atoms with Gasteiger partial charge in [0.2, 0.25) is 0 Å². The zero-order valence-corrected chi connectivity index (χ0v) is 8.66. The van der Waals surface area contributed by atoms with Crippen molar-refractivity contribution >= 4 is 5.69 Å². The Hall–Kier alpha value is -1.13. The van der Waals surface area contributed by atoms with Crippen LogP contribution in [0, 0.1) is 0 Å². The number of aromatic nitrogens is 1. The molecule has 0 aliphatic rings. The van der Waals surface area contributed by atoms with Crippen LogP contribution in [-0.4, -0.2) is 25.7 Å². The standard InChI is InChI=1S/C10H17N3O/c1-12-10(4-6-14-2)8-7-13-5-3-9(8)11/h3,5,7,10,12H,4,6H2,1-2H3,(H2,11,13). The van der Waals surface area contributed by atoms with Crippen molar-refractivity contribution < 1.29 is 4.74 Å². The molecule has 0 saturated heterocycles. The Balaban J connectivity index is 2.73. The summed E-state index contributed by atoms with van der Waals surface area (Å²) in [4.78, 5) is 4.06. The second kappa shape index (κ2) is 5.57. The van der Waals surface area contributed by atoms with Gasteiger partial charge in [0.05, 0.1) is 0 Å². The zero-order valence-electron chi connectivity index (χ0n) is 8.66. The van der Waals surface area contributed by atoms with Crippen LogP contribution in [0.1, 0.15) is 18.0 Å². The van der Waals surface area contributed by atoms with Crippen molar-refractivity contribution in [3.63, 3.8) is 0 Å². The topological polar surface area (TPSA) is 60.2 Å². The Morgan fingerprint density at radius 3 is 3.00 bits per heavy atom. The molecule has 14 heavy (non-hydrogen) atoms. The minimum atomic E-state index is 0.212. The summed E-state index contributed by atoms with van der Waals surface area (Å²) in [5.74, 6) is 0. The molecule has 1 aromatic heterocycles. The number of ether oxygens (including phenoxy) is 1. The summed E-state index contributed by atoms with van der Waals surface area (Å²) in [6.45, 7) is 0.708.